The molecule has 2 N–H and O–H groups in total. The van der Waals surface area contributed by atoms with Crippen molar-refractivity contribution in [3.63, 3.8) is 0 Å². The minimum Gasteiger partial charge on any atom is -0.489 e. The van der Waals surface area contributed by atoms with Gasteiger partial charge in [-0.25, -0.2) is 0 Å². The normalized spacial score (nSPS) is 16.8. The number of ether oxygens (including phenoxy) is 1. The Morgan fingerprint density at radius 2 is 1.62 bits per heavy atom. The van der Waals surface area contributed by atoms with Gasteiger partial charge in [0.2, 0.25) is 0 Å². The summed E-state index contributed by atoms with van der Waals surface area (Å²) in [6.07, 6.45) is 0.0573. The molecule has 2 aromatic rings. The number of rotatable bonds is 6. The van der Waals surface area contributed by atoms with Crippen molar-refractivity contribution in [2.24, 2.45) is 5.73 Å². The molecule has 1 fully saturated rings. The van der Waals surface area contributed by atoms with Gasteiger partial charge >= 0.3 is 0 Å². The molecule has 128 valence electrons. The summed E-state index contributed by atoms with van der Waals surface area (Å²) in [7, 11) is 0. The highest BCUT2D eigenvalue weighted by Crippen LogP contribution is 2.18. The summed E-state index contributed by atoms with van der Waals surface area (Å²) in [6.45, 7) is 7.87. The second kappa shape index (κ2) is 8.18. The van der Waals surface area contributed by atoms with Gasteiger partial charge in [0.25, 0.3) is 0 Å². The van der Waals surface area contributed by atoms with Gasteiger partial charge in [-0.15, -0.1) is 0 Å². The van der Waals surface area contributed by atoms with Crippen molar-refractivity contribution in [3.8, 4) is 5.75 Å². The average Bonchev–Trinajstić information content (AvgIpc) is 2.64. The van der Waals surface area contributed by atoms with Crippen LogP contribution >= 0.6 is 0 Å². The molecule has 24 heavy (non-hydrogen) atoms. The van der Waals surface area contributed by atoms with Crippen LogP contribution in [0.3, 0.4) is 0 Å². The number of para-hydroxylation sites is 1. The first kappa shape index (κ1) is 16.8. The van der Waals surface area contributed by atoms with Gasteiger partial charge in [0.1, 0.15) is 11.9 Å². The lowest BCUT2D eigenvalue weighted by atomic mass is 10.2. The largest absolute Gasteiger partial charge is 0.489 e. The van der Waals surface area contributed by atoms with E-state index in [0.717, 1.165) is 38.5 Å². The van der Waals surface area contributed by atoms with Crippen molar-refractivity contribution >= 4 is 5.69 Å². The second-order valence-corrected chi connectivity index (χ2v) is 6.41. The Kier molecular flexibility index (Phi) is 5.72. The molecule has 0 aromatic heterocycles. The third-order valence-electron chi connectivity index (χ3n) is 4.49. The van der Waals surface area contributed by atoms with E-state index >= 15 is 0 Å². The molecular formula is C20H27N3O. The molecule has 1 unspecified atom stereocenters. The lowest BCUT2D eigenvalue weighted by Gasteiger charge is -2.36. The number of hydrogen-bond donors (Lipinski definition) is 1. The van der Waals surface area contributed by atoms with E-state index in [2.05, 4.69) is 52.3 Å². The van der Waals surface area contributed by atoms with E-state index in [1.165, 1.54) is 11.3 Å². The highest BCUT2D eigenvalue weighted by molar-refractivity contribution is 5.46. The van der Waals surface area contributed by atoms with Gasteiger partial charge in [0, 0.05) is 45.0 Å². The molecule has 4 heteroatoms. The van der Waals surface area contributed by atoms with E-state index in [4.69, 9.17) is 10.5 Å². The predicted molar refractivity (Wildman–Crippen MR) is 99.5 cm³/mol. The average molecular weight is 325 g/mol. The molecule has 2 aromatic carbocycles. The Bertz CT molecular complexity index is 607. The van der Waals surface area contributed by atoms with Crippen LogP contribution in [0.5, 0.6) is 5.75 Å². The molecule has 3 rings (SSSR count). The first-order valence-corrected chi connectivity index (χ1v) is 8.72. The maximum atomic E-state index is 5.73. The maximum Gasteiger partial charge on any atom is 0.119 e. The molecule has 1 atom stereocenters. The van der Waals surface area contributed by atoms with E-state index in [-0.39, 0.29) is 6.10 Å². The first-order valence-electron chi connectivity index (χ1n) is 8.72. The standard InChI is InChI=1S/C20H27N3O/c1-17(15-21)24-20-9-7-18(8-10-20)16-22-11-13-23(14-12-22)19-5-3-2-4-6-19/h2-10,17H,11-16,21H2,1H3. The molecular weight excluding hydrogens is 298 g/mol. The Morgan fingerprint density at radius 3 is 2.25 bits per heavy atom. The van der Waals surface area contributed by atoms with Crippen LogP contribution in [0.1, 0.15) is 12.5 Å². The third-order valence-corrected chi connectivity index (χ3v) is 4.49. The summed E-state index contributed by atoms with van der Waals surface area (Å²) in [5.41, 5.74) is 8.25. The monoisotopic (exact) mass is 325 g/mol. The van der Waals surface area contributed by atoms with Crippen molar-refractivity contribution < 1.29 is 4.74 Å². The molecule has 1 saturated heterocycles. The zero-order chi connectivity index (χ0) is 16.8. The quantitative estimate of drug-likeness (QED) is 0.887. The zero-order valence-corrected chi connectivity index (χ0v) is 14.4. The highest BCUT2D eigenvalue weighted by atomic mass is 16.5. The van der Waals surface area contributed by atoms with Gasteiger partial charge in [-0.05, 0) is 36.8 Å². The lowest BCUT2D eigenvalue weighted by Crippen LogP contribution is -2.45. The number of anilines is 1. The smallest absolute Gasteiger partial charge is 0.119 e. The molecule has 0 aliphatic carbocycles. The minimum absolute atomic E-state index is 0.0573. The molecule has 4 nitrogen and oxygen atoms in total. The number of nitrogens with two attached hydrogens (primary N) is 1. The van der Waals surface area contributed by atoms with Gasteiger partial charge in [-0.1, -0.05) is 30.3 Å². The molecule has 0 radical (unpaired) electrons. The number of benzene rings is 2. The highest BCUT2D eigenvalue weighted by Gasteiger charge is 2.17. The van der Waals surface area contributed by atoms with Crippen LogP contribution in [-0.2, 0) is 6.54 Å². The van der Waals surface area contributed by atoms with Crippen LogP contribution in [0.25, 0.3) is 0 Å². The van der Waals surface area contributed by atoms with Crippen molar-refractivity contribution in [1.29, 1.82) is 0 Å². The fourth-order valence-corrected chi connectivity index (χ4v) is 3.02. The summed E-state index contributed by atoms with van der Waals surface area (Å²) < 4.78 is 5.73. The van der Waals surface area contributed by atoms with Crippen LogP contribution in [0.2, 0.25) is 0 Å². The molecule has 0 bridgehead atoms. The van der Waals surface area contributed by atoms with Crippen LogP contribution in [0, 0.1) is 0 Å². The molecule has 1 aliphatic heterocycles. The van der Waals surface area contributed by atoms with E-state index in [0.29, 0.717) is 6.54 Å². The van der Waals surface area contributed by atoms with Crippen LogP contribution < -0.4 is 15.4 Å². The molecule has 1 aliphatic rings. The molecule has 1 heterocycles. The summed E-state index contributed by atoms with van der Waals surface area (Å²) in [5.74, 6) is 0.894. The Balaban J connectivity index is 1.49. The number of hydrogen-bond acceptors (Lipinski definition) is 4. The van der Waals surface area contributed by atoms with Gasteiger partial charge in [-0.3, -0.25) is 4.90 Å². The summed E-state index contributed by atoms with van der Waals surface area (Å²) in [5, 5.41) is 0. The zero-order valence-electron chi connectivity index (χ0n) is 14.4. The van der Waals surface area contributed by atoms with E-state index < -0.39 is 0 Å². The van der Waals surface area contributed by atoms with Crippen LogP contribution in [0.4, 0.5) is 5.69 Å². The number of piperazine rings is 1. The predicted octanol–water partition coefficient (Wildman–Crippen LogP) is 2.73. The van der Waals surface area contributed by atoms with Gasteiger partial charge in [0.15, 0.2) is 0 Å². The molecule has 0 amide bonds. The summed E-state index contributed by atoms with van der Waals surface area (Å²) >= 11 is 0. The second-order valence-electron chi connectivity index (χ2n) is 6.41. The van der Waals surface area contributed by atoms with Crippen molar-refractivity contribution in [1.82, 2.24) is 4.90 Å². The Hall–Kier alpha value is -2.04. The van der Waals surface area contributed by atoms with Crippen molar-refractivity contribution in [2.75, 3.05) is 37.6 Å². The van der Waals surface area contributed by atoms with Gasteiger partial charge < -0.3 is 15.4 Å². The maximum absolute atomic E-state index is 5.73. The third kappa shape index (κ3) is 4.49. The van der Waals surface area contributed by atoms with E-state index in [9.17, 15) is 0 Å². The van der Waals surface area contributed by atoms with E-state index in [1.54, 1.807) is 0 Å². The van der Waals surface area contributed by atoms with Crippen molar-refractivity contribution in [2.45, 2.75) is 19.6 Å². The lowest BCUT2D eigenvalue weighted by molar-refractivity contribution is 0.229. The van der Waals surface area contributed by atoms with Crippen LogP contribution in [-0.4, -0.2) is 43.7 Å². The fraction of sp³-hybridized carbons (Fsp3) is 0.400. The molecule has 0 spiro atoms. The fourth-order valence-electron chi connectivity index (χ4n) is 3.02. The Labute approximate surface area is 144 Å². The number of nitrogens with zero attached hydrogens (tertiary/aromatic N) is 2. The summed E-state index contributed by atoms with van der Waals surface area (Å²) in [4.78, 5) is 4.97. The first-order chi connectivity index (χ1) is 11.7. The molecule has 0 saturated carbocycles. The minimum atomic E-state index is 0.0573. The van der Waals surface area contributed by atoms with Gasteiger partial charge in [0.05, 0.1) is 0 Å². The van der Waals surface area contributed by atoms with Crippen molar-refractivity contribution in [3.05, 3.63) is 60.2 Å². The van der Waals surface area contributed by atoms with E-state index in [1.807, 2.05) is 19.1 Å². The topological polar surface area (TPSA) is 41.7 Å². The SMILES string of the molecule is CC(CN)Oc1ccc(CN2CCN(c3ccccc3)CC2)cc1. The Morgan fingerprint density at radius 1 is 0.958 bits per heavy atom. The van der Waals surface area contributed by atoms with Gasteiger partial charge in [-0.2, -0.15) is 0 Å². The summed E-state index contributed by atoms with van der Waals surface area (Å²) in [6, 6.07) is 19.1. The van der Waals surface area contributed by atoms with Crippen LogP contribution in [0.15, 0.2) is 54.6 Å².